The highest BCUT2D eigenvalue weighted by atomic mass is 16.6. The Kier molecular flexibility index (Phi) is 4.66. The highest BCUT2D eigenvalue weighted by Gasteiger charge is 2.40. The lowest BCUT2D eigenvalue weighted by Gasteiger charge is -2.32. The molecule has 1 rings (SSSR count). The lowest BCUT2D eigenvalue weighted by molar-refractivity contribution is -0.242. The average molecular weight is 245 g/mol. The molecule has 1 heterocycles. The van der Waals surface area contributed by atoms with Crippen LogP contribution in [0.5, 0.6) is 0 Å². The molecule has 0 bridgehead atoms. The van der Waals surface area contributed by atoms with Crippen molar-refractivity contribution < 1.29 is 19.4 Å². The first-order valence-electron chi connectivity index (χ1n) is 5.89. The molecule has 5 heteroatoms. The maximum absolute atomic E-state index is 11.5. The quantitative estimate of drug-likeness (QED) is 0.741. The third kappa shape index (κ3) is 4.03. The fourth-order valence-electron chi connectivity index (χ4n) is 2.02. The second-order valence-electron chi connectivity index (χ2n) is 5.47. The predicted octanol–water partition coefficient (Wildman–Crippen LogP) is 0.756. The highest BCUT2D eigenvalue weighted by Crippen LogP contribution is 2.24. The molecule has 0 aromatic heterocycles. The zero-order valence-electron chi connectivity index (χ0n) is 11.3. The Labute approximate surface area is 103 Å². The van der Waals surface area contributed by atoms with Crippen LogP contribution in [0.15, 0.2) is 0 Å². The van der Waals surface area contributed by atoms with Crippen LogP contribution in [-0.4, -0.2) is 53.6 Å². The minimum absolute atomic E-state index is 0.0258. The van der Waals surface area contributed by atoms with Crippen LogP contribution in [-0.2, 0) is 14.3 Å². The van der Waals surface area contributed by atoms with Gasteiger partial charge in [0, 0.05) is 13.7 Å². The number of aliphatic hydroxyl groups is 1. The van der Waals surface area contributed by atoms with E-state index >= 15 is 0 Å². The topological polar surface area (TPSA) is 59.0 Å². The second kappa shape index (κ2) is 5.44. The summed E-state index contributed by atoms with van der Waals surface area (Å²) in [5.41, 5.74) is -0.452. The van der Waals surface area contributed by atoms with Gasteiger partial charge in [0.15, 0.2) is 0 Å². The number of likely N-dealkylation sites (tertiary alicyclic amines) is 1. The molecule has 5 nitrogen and oxygen atoms in total. The van der Waals surface area contributed by atoms with Crippen LogP contribution < -0.4 is 0 Å². The molecule has 0 aromatic rings. The molecule has 100 valence electrons. The van der Waals surface area contributed by atoms with Gasteiger partial charge in [0.1, 0.15) is 5.78 Å². The van der Waals surface area contributed by atoms with Crippen LogP contribution in [0.1, 0.15) is 34.1 Å². The molecule has 0 saturated carbocycles. The van der Waals surface area contributed by atoms with Gasteiger partial charge in [0.05, 0.1) is 17.7 Å². The van der Waals surface area contributed by atoms with Gasteiger partial charge in [-0.1, -0.05) is 0 Å². The van der Waals surface area contributed by atoms with E-state index in [0.717, 1.165) is 0 Å². The minimum Gasteiger partial charge on any atom is -0.380 e. The van der Waals surface area contributed by atoms with E-state index in [4.69, 9.17) is 9.47 Å². The Balaban J connectivity index is 2.69. The fourth-order valence-corrected chi connectivity index (χ4v) is 2.02. The zero-order valence-corrected chi connectivity index (χ0v) is 11.3. The van der Waals surface area contributed by atoms with Crippen LogP contribution >= 0.6 is 0 Å². The number of rotatable bonds is 4. The summed E-state index contributed by atoms with van der Waals surface area (Å²) in [4.78, 5) is 13.2. The van der Waals surface area contributed by atoms with E-state index in [2.05, 4.69) is 0 Å². The standard InChI is InChI=1S/C12H23NO4/c1-8(14)10-6-9(16-5)7-13(10)11(15)17-12(2,3)4/h9-11,15H,6-7H2,1-5H3/t9-,10?,11?/m0/s1. The smallest absolute Gasteiger partial charge is 0.217 e. The Hall–Kier alpha value is -0.490. The number of Topliss-reactive ketones (excluding diaryl/α,β-unsaturated/α-hetero) is 1. The summed E-state index contributed by atoms with van der Waals surface area (Å²) in [5.74, 6) is 0.0288. The first-order chi connectivity index (χ1) is 7.74. The Morgan fingerprint density at radius 1 is 1.47 bits per heavy atom. The maximum Gasteiger partial charge on any atom is 0.217 e. The van der Waals surface area contributed by atoms with Crippen LogP contribution in [0.4, 0.5) is 0 Å². The van der Waals surface area contributed by atoms with Gasteiger partial charge >= 0.3 is 0 Å². The van der Waals surface area contributed by atoms with Gasteiger partial charge in [-0.25, -0.2) is 4.90 Å². The van der Waals surface area contributed by atoms with E-state index in [1.165, 1.54) is 6.92 Å². The normalized spacial score (nSPS) is 28.4. The van der Waals surface area contributed by atoms with Gasteiger partial charge in [-0.15, -0.1) is 0 Å². The van der Waals surface area contributed by atoms with E-state index in [0.29, 0.717) is 13.0 Å². The predicted molar refractivity (Wildman–Crippen MR) is 63.4 cm³/mol. The average Bonchev–Trinajstić information content (AvgIpc) is 2.58. The third-order valence-corrected chi connectivity index (χ3v) is 2.85. The molecule has 2 unspecified atom stereocenters. The monoisotopic (exact) mass is 245 g/mol. The minimum atomic E-state index is -1.07. The molecule has 1 aliphatic rings. The maximum atomic E-state index is 11.5. The number of carbonyl (C=O) groups excluding carboxylic acids is 1. The largest absolute Gasteiger partial charge is 0.380 e. The lowest BCUT2D eigenvalue weighted by atomic mass is 10.1. The Morgan fingerprint density at radius 2 is 2.06 bits per heavy atom. The number of hydrogen-bond donors (Lipinski definition) is 1. The summed E-state index contributed by atoms with van der Waals surface area (Å²) in [6, 6.07) is -0.322. The van der Waals surface area contributed by atoms with Crippen molar-refractivity contribution in [2.75, 3.05) is 13.7 Å². The van der Waals surface area contributed by atoms with Crippen LogP contribution in [0, 0.1) is 0 Å². The molecule has 0 aliphatic carbocycles. The number of ketones is 1. The zero-order chi connectivity index (χ0) is 13.2. The van der Waals surface area contributed by atoms with Gasteiger partial charge < -0.3 is 14.6 Å². The van der Waals surface area contributed by atoms with E-state index in [1.54, 1.807) is 12.0 Å². The molecule has 0 radical (unpaired) electrons. The molecule has 1 fully saturated rings. The number of carbonyl (C=O) groups is 1. The molecular formula is C12H23NO4. The molecule has 3 atom stereocenters. The van der Waals surface area contributed by atoms with Gasteiger partial charge in [0.2, 0.25) is 6.41 Å². The lowest BCUT2D eigenvalue weighted by Crippen LogP contribution is -2.46. The summed E-state index contributed by atoms with van der Waals surface area (Å²) in [6.45, 7) is 7.63. The van der Waals surface area contributed by atoms with Gasteiger partial charge in [-0.3, -0.25) is 4.79 Å². The summed E-state index contributed by atoms with van der Waals surface area (Å²) >= 11 is 0. The van der Waals surface area contributed by atoms with Gasteiger partial charge in [0.25, 0.3) is 0 Å². The van der Waals surface area contributed by atoms with E-state index in [1.807, 2.05) is 20.8 Å². The molecule has 0 amide bonds. The molecule has 1 N–H and O–H groups in total. The van der Waals surface area contributed by atoms with Crippen molar-refractivity contribution in [3.05, 3.63) is 0 Å². The number of aliphatic hydroxyl groups excluding tert-OH is 1. The molecule has 0 aromatic carbocycles. The molecule has 1 saturated heterocycles. The molecule has 17 heavy (non-hydrogen) atoms. The molecule has 0 spiro atoms. The number of nitrogens with zero attached hydrogens (tertiary/aromatic N) is 1. The third-order valence-electron chi connectivity index (χ3n) is 2.85. The number of ether oxygens (including phenoxy) is 2. The Bertz CT molecular complexity index is 274. The van der Waals surface area contributed by atoms with E-state index in [-0.39, 0.29) is 17.9 Å². The second-order valence-corrected chi connectivity index (χ2v) is 5.47. The van der Waals surface area contributed by atoms with Crippen molar-refractivity contribution in [2.24, 2.45) is 0 Å². The van der Waals surface area contributed by atoms with Crippen molar-refractivity contribution >= 4 is 5.78 Å². The van der Waals surface area contributed by atoms with Gasteiger partial charge in [-0.2, -0.15) is 0 Å². The fraction of sp³-hybridized carbons (Fsp3) is 0.917. The number of methoxy groups -OCH3 is 1. The van der Waals surface area contributed by atoms with Crippen LogP contribution in [0.25, 0.3) is 0 Å². The van der Waals surface area contributed by atoms with E-state index in [9.17, 15) is 9.90 Å². The Morgan fingerprint density at radius 3 is 2.47 bits per heavy atom. The number of hydrogen-bond acceptors (Lipinski definition) is 5. The van der Waals surface area contributed by atoms with Crippen LogP contribution in [0.3, 0.4) is 0 Å². The summed E-state index contributed by atoms with van der Waals surface area (Å²) in [5, 5.41) is 10.0. The molecule has 1 aliphatic heterocycles. The van der Waals surface area contributed by atoms with Crippen LogP contribution in [0.2, 0.25) is 0 Å². The van der Waals surface area contributed by atoms with E-state index < -0.39 is 12.0 Å². The molecular weight excluding hydrogens is 222 g/mol. The summed E-state index contributed by atoms with van der Waals surface area (Å²) < 4.78 is 10.7. The van der Waals surface area contributed by atoms with Crippen molar-refractivity contribution in [3.63, 3.8) is 0 Å². The summed E-state index contributed by atoms with van der Waals surface area (Å²) in [7, 11) is 1.61. The summed E-state index contributed by atoms with van der Waals surface area (Å²) in [6.07, 6.45) is -0.484. The first-order valence-corrected chi connectivity index (χ1v) is 5.89. The van der Waals surface area contributed by atoms with Crippen molar-refractivity contribution in [2.45, 2.75) is 58.3 Å². The first kappa shape index (κ1) is 14.6. The SMILES string of the molecule is CO[C@H]1CC(C(C)=O)N(C(O)OC(C)(C)C)C1. The van der Waals surface area contributed by atoms with Crippen molar-refractivity contribution in [1.29, 1.82) is 0 Å². The van der Waals surface area contributed by atoms with Crippen molar-refractivity contribution in [3.8, 4) is 0 Å². The highest BCUT2D eigenvalue weighted by molar-refractivity contribution is 5.81. The van der Waals surface area contributed by atoms with Gasteiger partial charge in [-0.05, 0) is 34.1 Å². The van der Waals surface area contributed by atoms with Crippen molar-refractivity contribution in [1.82, 2.24) is 4.90 Å².